The van der Waals surface area contributed by atoms with E-state index in [2.05, 4.69) is 17.1 Å². The number of rotatable bonds is 6. The van der Waals surface area contributed by atoms with Gasteiger partial charge >= 0.3 is 0 Å². The number of aliphatic hydroxyl groups is 1. The van der Waals surface area contributed by atoms with Crippen LogP contribution < -0.4 is 5.32 Å². The number of likely N-dealkylation sites (tertiary alicyclic amines) is 1. The molecule has 96 valence electrons. The highest BCUT2D eigenvalue weighted by Gasteiger charge is 2.15. The van der Waals surface area contributed by atoms with Crippen molar-refractivity contribution >= 4 is 0 Å². The van der Waals surface area contributed by atoms with Crippen molar-refractivity contribution in [1.29, 1.82) is 0 Å². The van der Waals surface area contributed by atoms with Crippen LogP contribution in [0.2, 0.25) is 0 Å². The van der Waals surface area contributed by atoms with Crippen LogP contribution >= 0.6 is 0 Å². The lowest BCUT2D eigenvalue weighted by molar-refractivity contribution is 0.0699. The SMILES string of the molecule is CC(CN1CCCCC1)NCCC(C)(C)O. The summed E-state index contributed by atoms with van der Waals surface area (Å²) < 4.78 is 0. The van der Waals surface area contributed by atoms with Crippen LogP contribution in [0.5, 0.6) is 0 Å². The lowest BCUT2D eigenvalue weighted by Crippen LogP contribution is -2.42. The zero-order valence-corrected chi connectivity index (χ0v) is 11.1. The first-order chi connectivity index (χ1) is 7.47. The molecule has 1 heterocycles. The van der Waals surface area contributed by atoms with Gasteiger partial charge in [-0.15, -0.1) is 0 Å². The Bertz CT molecular complexity index is 183. The minimum absolute atomic E-state index is 0.528. The van der Waals surface area contributed by atoms with Crippen LogP contribution in [-0.4, -0.2) is 47.8 Å². The first-order valence-electron chi connectivity index (χ1n) is 6.65. The Kier molecular flexibility index (Phi) is 5.73. The van der Waals surface area contributed by atoms with E-state index < -0.39 is 5.60 Å². The van der Waals surface area contributed by atoms with E-state index in [9.17, 15) is 5.11 Å². The molecule has 1 saturated heterocycles. The number of nitrogens with zero attached hydrogens (tertiary/aromatic N) is 1. The Morgan fingerprint density at radius 1 is 1.25 bits per heavy atom. The third-order valence-electron chi connectivity index (χ3n) is 3.21. The molecule has 0 spiro atoms. The highest BCUT2D eigenvalue weighted by atomic mass is 16.3. The summed E-state index contributed by atoms with van der Waals surface area (Å²) in [5, 5.41) is 13.1. The smallest absolute Gasteiger partial charge is 0.0603 e. The zero-order chi connectivity index (χ0) is 12.0. The summed E-state index contributed by atoms with van der Waals surface area (Å²) in [4.78, 5) is 2.55. The standard InChI is InChI=1S/C13H28N2O/c1-12(14-8-7-13(2,3)16)11-15-9-5-4-6-10-15/h12,14,16H,4-11H2,1-3H3. The molecule has 1 unspecified atom stereocenters. The first-order valence-corrected chi connectivity index (χ1v) is 6.65. The second-order valence-electron chi connectivity index (χ2n) is 5.78. The van der Waals surface area contributed by atoms with Gasteiger partial charge in [0, 0.05) is 12.6 Å². The molecule has 3 heteroatoms. The molecule has 0 bridgehead atoms. The molecule has 0 saturated carbocycles. The fraction of sp³-hybridized carbons (Fsp3) is 1.00. The van der Waals surface area contributed by atoms with Gasteiger partial charge in [0.2, 0.25) is 0 Å². The second-order valence-corrected chi connectivity index (χ2v) is 5.78. The molecule has 0 aromatic rings. The fourth-order valence-corrected chi connectivity index (χ4v) is 2.22. The topological polar surface area (TPSA) is 35.5 Å². The van der Waals surface area contributed by atoms with E-state index in [0.717, 1.165) is 19.5 Å². The summed E-state index contributed by atoms with van der Waals surface area (Å²) >= 11 is 0. The van der Waals surface area contributed by atoms with E-state index in [1.807, 2.05) is 13.8 Å². The highest BCUT2D eigenvalue weighted by molar-refractivity contribution is 4.73. The van der Waals surface area contributed by atoms with Crippen molar-refractivity contribution in [2.75, 3.05) is 26.2 Å². The van der Waals surface area contributed by atoms with E-state index in [0.29, 0.717) is 6.04 Å². The Labute approximate surface area is 100 Å². The van der Waals surface area contributed by atoms with E-state index in [1.54, 1.807) is 0 Å². The summed E-state index contributed by atoms with van der Waals surface area (Å²) in [5.74, 6) is 0. The lowest BCUT2D eigenvalue weighted by atomic mass is 10.1. The third-order valence-corrected chi connectivity index (χ3v) is 3.21. The molecular weight excluding hydrogens is 200 g/mol. The summed E-state index contributed by atoms with van der Waals surface area (Å²) in [6, 6.07) is 0.528. The molecule has 1 aliphatic rings. The molecular formula is C13H28N2O. The van der Waals surface area contributed by atoms with Gasteiger partial charge in [-0.2, -0.15) is 0 Å². The van der Waals surface area contributed by atoms with Gasteiger partial charge in [0.25, 0.3) is 0 Å². The van der Waals surface area contributed by atoms with Crippen LogP contribution in [0.15, 0.2) is 0 Å². The number of nitrogens with one attached hydrogen (secondary N) is 1. The molecule has 1 aliphatic heterocycles. The van der Waals surface area contributed by atoms with Gasteiger partial charge in [-0.05, 0) is 59.7 Å². The first kappa shape index (κ1) is 13.9. The molecule has 1 fully saturated rings. The van der Waals surface area contributed by atoms with E-state index in [4.69, 9.17) is 0 Å². The van der Waals surface area contributed by atoms with Crippen molar-refractivity contribution in [3.8, 4) is 0 Å². The van der Waals surface area contributed by atoms with Gasteiger partial charge in [-0.25, -0.2) is 0 Å². The maximum atomic E-state index is 9.60. The predicted octanol–water partition coefficient (Wildman–Crippen LogP) is 1.61. The lowest BCUT2D eigenvalue weighted by Gasteiger charge is -2.29. The number of hydrogen-bond donors (Lipinski definition) is 2. The molecule has 16 heavy (non-hydrogen) atoms. The van der Waals surface area contributed by atoms with Crippen molar-refractivity contribution in [3.05, 3.63) is 0 Å². The Morgan fingerprint density at radius 3 is 2.44 bits per heavy atom. The second kappa shape index (κ2) is 6.58. The van der Waals surface area contributed by atoms with E-state index >= 15 is 0 Å². The van der Waals surface area contributed by atoms with Crippen LogP contribution in [-0.2, 0) is 0 Å². The highest BCUT2D eigenvalue weighted by Crippen LogP contribution is 2.09. The van der Waals surface area contributed by atoms with Gasteiger partial charge in [0.05, 0.1) is 5.60 Å². The summed E-state index contributed by atoms with van der Waals surface area (Å²) in [6.45, 7) is 10.5. The molecule has 1 rings (SSSR count). The van der Waals surface area contributed by atoms with Crippen molar-refractivity contribution < 1.29 is 5.11 Å². The van der Waals surface area contributed by atoms with Crippen molar-refractivity contribution in [2.24, 2.45) is 0 Å². The van der Waals surface area contributed by atoms with Gasteiger partial charge in [0.1, 0.15) is 0 Å². The minimum atomic E-state index is -0.544. The molecule has 0 aromatic heterocycles. The van der Waals surface area contributed by atoms with Crippen molar-refractivity contribution in [1.82, 2.24) is 10.2 Å². The number of hydrogen-bond acceptors (Lipinski definition) is 3. The van der Waals surface area contributed by atoms with Crippen LogP contribution in [0.25, 0.3) is 0 Å². The molecule has 0 aromatic carbocycles. The van der Waals surface area contributed by atoms with Crippen molar-refractivity contribution in [3.63, 3.8) is 0 Å². The van der Waals surface area contributed by atoms with Crippen molar-refractivity contribution in [2.45, 2.75) is 58.1 Å². The predicted molar refractivity (Wildman–Crippen MR) is 68.7 cm³/mol. The quantitative estimate of drug-likeness (QED) is 0.725. The summed E-state index contributed by atoms with van der Waals surface area (Å²) in [7, 11) is 0. The molecule has 2 N–H and O–H groups in total. The number of piperidine rings is 1. The molecule has 0 aliphatic carbocycles. The monoisotopic (exact) mass is 228 g/mol. The summed E-state index contributed by atoms with van der Waals surface area (Å²) in [5.41, 5.74) is -0.544. The summed E-state index contributed by atoms with van der Waals surface area (Å²) in [6.07, 6.45) is 4.93. The average Bonchev–Trinajstić information content (AvgIpc) is 2.17. The zero-order valence-electron chi connectivity index (χ0n) is 11.1. The van der Waals surface area contributed by atoms with Gasteiger partial charge in [-0.3, -0.25) is 0 Å². The molecule has 0 radical (unpaired) electrons. The van der Waals surface area contributed by atoms with Gasteiger partial charge in [-0.1, -0.05) is 6.42 Å². The molecule has 3 nitrogen and oxygen atoms in total. The van der Waals surface area contributed by atoms with E-state index in [-0.39, 0.29) is 0 Å². The maximum Gasteiger partial charge on any atom is 0.0603 e. The van der Waals surface area contributed by atoms with E-state index in [1.165, 1.54) is 32.4 Å². The normalized spacial score (nSPS) is 21.0. The largest absolute Gasteiger partial charge is 0.390 e. The Hall–Kier alpha value is -0.120. The van der Waals surface area contributed by atoms with Crippen LogP contribution in [0.3, 0.4) is 0 Å². The minimum Gasteiger partial charge on any atom is -0.390 e. The molecule has 0 amide bonds. The maximum absolute atomic E-state index is 9.60. The average molecular weight is 228 g/mol. The van der Waals surface area contributed by atoms with Gasteiger partial charge < -0.3 is 15.3 Å². The van der Waals surface area contributed by atoms with Crippen LogP contribution in [0.4, 0.5) is 0 Å². The Balaban J connectivity index is 2.08. The fourth-order valence-electron chi connectivity index (χ4n) is 2.22. The Morgan fingerprint density at radius 2 is 1.88 bits per heavy atom. The van der Waals surface area contributed by atoms with Crippen LogP contribution in [0.1, 0.15) is 46.5 Å². The molecule has 1 atom stereocenters. The van der Waals surface area contributed by atoms with Gasteiger partial charge in [0.15, 0.2) is 0 Å². The third kappa shape index (κ3) is 6.46. The van der Waals surface area contributed by atoms with Crippen LogP contribution in [0, 0.1) is 0 Å².